The van der Waals surface area contributed by atoms with Crippen LogP contribution in [-0.4, -0.2) is 23.7 Å². The molecular weight excluding hydrogens is 193 g/mol. The molecule has 2 atom stereocenters. The second-order valence-corrected chi connectivity index (χ2v) is 5.90. The Hall–Kier alpha value is 0.0249. The van der Waals surface area contributed by atoms with E-state index in [-0.39, 0.29) is 0 Å². The lowest BCUT2D eigenvalue weighted by Crippen LogP contribution is -2.52. The first-order chi connectivity index (χ1) is 7.36. The molecule has 0 fully saturated rings. The molecular formula is C14H32BN. The summed E-state index contributed by atoms with van der Waals surface area (Å²) in [6.45, 7) is 19.5. The maximum Gasteiger partial charge on any atom is 0.229 e. The highest BCUT2D eigenvalue weighted by molar-refractivity contribution is 6.59. The van der Waals surface area contributed by atoms with Gasteiger partial charge in [-0.05, 0) is 12.1 Å². The van der Waals surface area contributed by atoms with Gasteiger partial charge in [0.05, 0.1) is 0 Å². The highest BCUT2D eigenvalue weighted by atomic mass is 15.1. The van der Waals surface area contributed by atoms with Gasteiger partial charge in [0.25, 0.3) is 0 Å². The van der Waals surface area contributed by atoms with Crippen LogP contribution in [0.2, 0.25) is 11.6 Å². The van der Waals surface area contributed by atoms with Gasteiger partial charge in [0, 0.05) is 0 Å². The summed E-state index contributed by atoms with van der Waals surface area (Å²) in [6.07, 6.45) is 2.57. The fourth-order valence-electron chi connectivity index (χ4n) is 2.92. The smallest absolute Gasteiger partial charge is 0.229 e. The minimum Gasteiger partial charge on any atom is -0.337 e. The zero-order valence-electron chi connectivity index (χ0n) is 12.7. The number of hydrogen-bond donors (Lipinski definition) is 0. The van der Waals surface area contributed by atoms with Crippen molar-refractivity contribution in [2.45, 2.75) is 91.9 Å². The molecule has 16 heavy (non-hydrogen) atoms. The van der Waals surface area contributed by atoms with Gasteiger partial charge in [0.1, 0.15) is 0 Å². The SMILES string of the molecule is CCC(C)B(C(C)CC)N(C(C)C)C(C)C. The van der Waals surface area contributed by atoms with Gasteiger partial charge in [0.15, 0.2) is 0 Å². The molecule has 0 aromatic rings. The van der Waals surface area contributed by atoms with Crippen LogP contribution < -0.4 is 0 Å². The van der Waals surface area contributed by atoms with E-state index in [0.29, 0.717) is 12.1 Å². The molecule has 1 nitrogen and oxygen atoms in total. The zero-order valence-corrected chi connectivity index (χ0v) is 12.7. The number of rotatable bonds is 7. The van der Waals surface area contributed by atoms with E-state index in [4.69, 9.17) is 0 Å². The summed E-state index contributed by atoms with van der Waals surface area (Å²) in [5.41, 5.74) is 0. The third kappa shape index (κ3) is 4.12. The summed E-state index contributed by atoms with van der Waals surface area (Å²) < 4.78 is 0. The molecule has 0 aliphatic rings. The molecule has 0 saturated heterocycles. The van der Waals surface area contributed by atoms with Gasteiger partial charge in [-0.1, -0.05) is 79.9 Å². The summed E-state index contributed by atoms with van der Waals surface area (Å²) in [6, 6.07) is 1.29. The Kier molecular flexibility index (Phi) is 7.38. The average Bonchev–Trinajstić information content (AvgIpc) is 2.22. The van der Waals surface area contributed by atoms with E-state index < -0.39 is 0 Å². The Balaban J connectivity index is 4.96. The standard InChI is InChI=1S/C14H32BN/c1-9-13(7)15(14(8)10-2)16(11(3)4)12(5)6/h11-14H,9-10H2,1-8H3. The van der Waals surface area contributed by atoms with Gasteiger partial charge in [-0.25, -0.2) is 0 Å². The number of nitrogens with zero attached hydrogens (tertiary/aromatic N) is 1. The van der Waals surface area contributed by atoms with Crippen molar-refractivity contribution in [1.29, 1.82) is 0 Å². The first kappa shape index (κ1) is 16.0. The lowest BCUT2D eigenvalue weighted by molar-refractivity contribution is 0.291. The van der Waals surface area contributed by atoms with E-state index in [9.17, 15) is 0 Å². The Morgan fingerprint density at radius 1 is 0.750 bits per heavy atom. The van der Waals surface area contributed by atoms with Gasteiger partial charge in [0.2, 0.25) is 6.85 Å². The van der Waals surface area contributed by atoms with Crippen molar-refractivity contribution in [3.63, 3.8) is 0 Å². The quantitative estimate of drug-likeness (QED) is 0.568. The van der Waals surface area contributed by atoms with Crippen LogP contribution in [0.3, 0.4) is 0 Å². The Bertz CT molecular complexity index is 162. The summed E-state index contributed by atoms with van der Waals surface area (Å²) in [7, 11) is 0. The summed E-state index contributed by atoms with van der Waals surface area (Å²) in [4.78, 5) is 2.71. The fraction of sp³-hybridized carbons (Fsp3) is 1.00. The first-order valence-corrected chi connectivity index (χ1v) is 7.14. The van der Waals surface area contributed by atoms with Crippen molar-refractivity contribution in [3.05, 3.63) is 0 Å². The van der Waals surface area contributed by atoms with Crippen molar-refractivity contribution >= 4 is 6.85 Å². The number of hydrogen-bond acceptors (Lipinski definition) is 1. The van der Waals surface area contributed by atoms with Gasteiger partial charge < -0.3 is 4.81 Å². The molecule has 96 valence electrons. The summed E-state index contributed by atoms with van der Waals surface area (Å²) >= 11 is 0. The predicted molar refractivity (Wildman–Crippen MR) is 77.3 cm³/mol. The lowest BCUT2D eigenvalue weighted by Gasteiger charge is -2.42. The Morgan fingerprint density at radius 3 is 1.25 bits per heavy atom. The second kappa shape index (κ2) is 7.37. The van der Waals surface area contributed by atoms with Gasteiger partial charge in [-0.3, -0.25) is 0 Å². The topological polar surface area (TPSA) is 3.24 Å². The third-order valence-electron chi connectivity index (χ3n) is 3.99. The maximum absolute atomic E-state index is 2.71. The van der Waals surface area contributed by atoms with Crippen molar-refractivity contribution < 1.29 is 0 Å². The molecule has 0 aliphatic heterocycles. The van der Waals surface area contributed by atoms with Crippen LogP contribution in [0.4, 0.5) is 0 Å². The molecule has 0 aliphatic carbocycles. The monoisotopic (exact) mass is 225 g/mol. The normalized spacial score (nSPS) is 15.9. The molecule has 0 aromatic carbocycles. The minimum absolute atomic E-state index is 0.646. The van der Waals surface area contributed by atoms with E-state index in [1.807, 2.05) is 0 Å². The molecule has 0 heterocycles. The van der Waals surface area contributed by atoms with Gasteiger partial charge in [-0.15, -0.1) is 0 Å². The molecule has 0 N–H and O–H groups in total. The lowest BCUT2D eigenvalue weighted by atomic mass is 9.40. The fourth-order valence-corrected chi connectivity index (χ4v) is 2.92. The molecule has 0 bridgehead atoms. The van der Waals surface area contributed by atoms with E-state index in [1.54, 1.807) is 0 Å². The maximum atomic E-state index is 2.71. The van der Waals surface area contributed by atoms with E-state index in [2.05, 4.69) is 60.2 Å². The van der Waals surface area contributed by atoms with Crippen molar-refractivity contribution in [2.24, 2.45) is 0 Å². The van der Waals surface area contributed by atoms with Gasteiger partial charge in [-0.2, -0.15) is 0 Å². The average molecular weight is 225 g/mol. The zero-order chi connectivity index (χ0) is 12.9. The minimum atomic E-state index is 0.646. The van der Waals surface area contributed by atoms with Gasteiger partial charge >= 0.3 is 0 Å². The largest absolute Gasteiger partial charge is 0.337 e. The van der Waals surface area contributed by atoms with Crippen molar-refractivity contribution in [3.8, 4) is 0 Å². The molecule has 0 spiro atoms. The molecule has 2 unspecified atom stereocenters. The van der Waals surface area contributed by atoms with E-state index >= 15 is 0 Å². The Morgan fingerprint density at radius 2 is 1.06 bits per heavy atom. The van der Waals surface area contributed by atoms with Crippen LogP contribution in [0, 0.1) is 0 Å². The molecule has 0 amide bonds. The van der Waals surface area contributed by atoms with Crippen LogP contribution in [0.15, 0.2) is 0 Å². The molecule has 0 rings (SSSR count). The molecule has 0 radical (unpaired) electrons. The van der Waals surface area contributed by atoms with Crippen LogP contribution in [0.5, 0.6) is 0 Å². The summed E-state index contributed by atoms with van der Waals surface area (Å²) in [5.74, 6) is 1.58. The third-order valence-corrected chi connectivity index (χ3v) is 3.99. The van der Waals surface area contributed by atoms with Crippen LogP contribution in [0.25, 0.3) is 0 Å². The predicted octanol–water partition coefficient (Wildman–Crippen LogP) is 4.70. The van der Waals surface area contributed by atoms with E-state index in [1.165, 1.54) is 12.8 Å². The van der Waals surface area contributed by atoms with Crippen LogP contribution in [0.1, 0.15) is 68.2 Å². The molecule has 0 saturated carbocycles. The van der Waals surface area contributed by atoms with Crippen molar-refractivity contribution in [2.75, 3.05) is 0 Å². The highest BCUT2D eigenvalue weighted by Crippen LogP contribution is 2.31. The molecule has 2 heteroatoms. The van der Waals surface area contributed by atoms with Crippen LogP contribution >= 0.6 is 0 Å². The second-order valence-electron chi connectivity index (χ2n) is 5.90. The van der Waals surface area contributed by atoms with E-state index in [0.717, 1.165) is 18.5 Å². The van der Waals surface area contributed by atoms with Crippen molar-refractivity contribution in [1.82, 2.24) is 4.81 Å². The first-order valence-electron chi connectivity index (χ1n) is 7.14. The van der Waals surface area contributed by atoms with Crippen LogP contribution in [-0.2, 0) is 0 Å². The highest BCUT2D eigenvalue weighted by Gasteiger charge is 2.35. The summed E-state index contributed by atoms with van der Waals surface area (Å²) in [5, 5.41) is 0. The molecule has 0 aromatic heterocycles. The Labute approximate surface area is 104 Å².